The van der Waals surface area contributed by atoms with E-state index >= 15 is 0 Å². The molecule has 0 heterocycles. The summed E-state index contributed by atoms with van der Waals surface area (Å²) in [5.74, 6) is -0.652. The molecule has 0 fully saturated rings. The first-order chi connectivity index (χ1) is 8.91. The molecule has 0 aliphatic carbocycles. The minimum absolute atomic E-state index is 0.190. The van der Waals surface area contributed by atoms with Crippen molar-refractivity contribution in [2.75, 3.05) is 40.6 Å². The van der Waals surface area contributed by atoms with Crippen molar-refractivity contribution >= 4 is 11.9 Å². The summed E-state index contributed by atoms with van der Waals surface area (Å²) < 4.78 is 19.5. The van der Waals surface area contributed by atoms with Crippen molar-refractivity contribution in [1.29, 1.82) is 0 Å². The van der Waals surface area contributed by atoms with E-state index in [1.54, 1.807) is 6.92 Å². The summed E-state index contributed by atoms with van der Waals surface area (Å²) in [5.41, 5.74) is 5.26. The zero-order chi connectivity index (χ0) is 14.7. The molecule has 2 N–H and O–H groups in total. The van der Waals surface area contributed by atoms with Gasteiger partial charge in [0, 0.05) is 0 Å². The van der Waals surface area contributed by atoms with Gasteiger partial charge in [-0.15, -0.1) is 0 Å². The van der Waals surface area contributed by atoms with E-state index < -0.39 is 5.54 Å². The summed E-state index contributed by atoms with van der Waals surface area (Å²) >= 11 is 0. The molecule has 0 spiro atoms. The number of hydrogen-bond acceptors (Lipinski definition) is 7. The minimum atomic E-state index is -0.674. The average Bonchev–Trinajstić information content (AvgIpc) is 2.39. The first-order valence-electron chi connectivity index (χ1n) is 5.99. The minimum Gasteiger partial charge on any atom is -0.469 e. The largest absolute Gasteiger partial charge is 0.469 e. The van der Waals surface area contributed by atoms with Crippen LogP contribution in [0.4, 0.5) is 0 Å². The van der Waals surface area contributed by atoms with Gasteiger partial charge in [-0.1, -0.05) is 0 Å². The maximum atomic E-state index is 10.8. The normalized spacial score (nSPS) is 11.2. The van der Waals surface area contributed by atoms with Gasteiger partial charge in [0.1, 0.15) is 0 Å². The number of rotatable bonds is 10. The van der Waals surface area contributed by atoms with Crippen LogP contribution in [0.1, 0.15) is 19.8 Å². The maximum Gasteiger partial charge on any atom is 0.307 e. The summed E-state index contributed by atoms with van der Waals surface area (Å²) in [6.45, 7) is 2.77. The molecule has 0 atom stereocenters. The molecule has 0 aliphatic rings. The molecule has 0 aliphatic heterocycles. The molecule has 0 aromatic rings. The van der Waals surface area contributed by atoms with Crippen molar-refractivity contribution in [2.24, 2.45) is 5.73 Å². The summed E-state index contributed by atoms with van der Waals surface area (Å²) in [6, 6.07) is 0. The van der Waals surface area contributed by atoms with E-state index in [1.807, 2.05) is 0 Å². The number of methoxy groups -OCH3 is 2. The van der Waals surface area contributed by atoms with Crippen LogP contribution in [-0.2, 0) is 28.5 Å². The number of carbonyl (C=O) groups is 2. The molecule has 0 amide bonds. The fraction of sp³-hybridized carbons (Fsp3) is 0.833. The number of carbonyl (C=O) groups excluding carboxylic acids is 2. The monoisotopic (exact) mass is 277 g/mol. The highest BCUT2D eigenvalue weighted by Gasteiger charge is 2.19. The van der Waals surface area contributed by atoms with E-state index in [2.05, 4.69) is 9.47 Å². The van der Waals surface area contributed by atoms with Crippen LogP contribution in [0.15, 0.2) is 0 Å². The molecule has 112 valence electrons. The van der Waals surface area contributed by atoms with Gasteiger partial charge < -0.3 is 24.7 Å². The summed E-state index contributed by atoms with van der Waals surface area (Å²) in [5, 5.41) is 0. The highest BCUT2D eigenvalue weighted by atomic mass is 16.5. The molecule has 0 radical (unpaired) electrons. The van der Waals surface area contributed by atoms with Crippen LogP contribution >= 0.6 is 0 Å². The van der Waals surface area contributed by atoms with Crippen LogP contribution in [0.5, 0.6) is 0 Å². The Morgan fingerprint density at radius 1 is 0.947 bits per heavy atom. The molecule has 0 rings (SSSR count). The molecular weight excluding hydrogens is 254 g/mol. The Labute approximate surface area is 113 Å². The van der Waals surface area contributed by atoms with Gasteiger partial charge in [0.15, 0.2) is 0 Å². The van der Waals surface area contributed by atoms with E-state index in [4.69, 9.17) is 15.2 Å². The van der Waals surface area contributed by atoms with Gasteiger partial charge in [-0.3, -0.25) is 9.59 Å². The Balaban J connectivity index is 3.62. The maximum absolute atomic E-state index is 10.8. The van der Waals surface area contributed by atoms with E-state index in [1.165, 1.54) is 14.2 Å². The first kappa shape index (κ1) is 17.8. The van der Waals surface area contributed by atoms with Gasteiger partial charge in [-0.05, 0) is 6.92 Å². The van der Waals surface area contributed by atoms with Crippen LogP contribution in [-0.4, -0.2) is 58.1 Å². The smallest absolute Gasteiger partial charge is 0.307 e. The highest BCUT2D eigenvalue weighted by molar-refractivity contribution is 5.69. The summed E-state index contributed by atoms with van der Waals surface area (Å²) in [7, 11) is 2.65. The molecule has 7 heteroatoms. The Morgan fingerprint density at radius 2 is 1.32 bits per heavy atom. The zero-order valence-electron chi connectivity index (χ0n) is 11.8. The topological polar surface area (TPSA) is 97.1 Å². The number of hydrogen-bond donors (Lipinski definition) is 1. The van der Waals surface area contributed by atoms with E-state index in [0.29, 0.717) is 0 Å². The molecule has 0 saturated carbocycles. The quantitative estimate of drug-likeness (QED) is 0.438. The Bertz CT molecular complexity index is 253. The van der Waals surface area contributed by atoms with E-state index in [-0.39, 0.29) is 51.2 Å². The second-order valence-corrected chi connectivity index (χ2v) is 4.41. The number of esters is 2. The Hall–Kier alpha value is -1.18. The molecule has 0 aromatic carbocycles. The van der Waals surface area contributed by atoms with Crippen molar-refractivity contribution in [2.45, 2.75) is 25.3 Å². The van der Waals surface area contributed by atoms with Crippen LogP contribution < -0.4 is 5.73 Å². The molecule has 7 nitrogen and oxygen atoms in total. The Kier molecular flexibility index (Phi) is 9.11. The van der Waals surface area contributed by atoms with Gasteiger partial charge in [-0.2, -0.15) is 0 Å². The lowest BCUT2D eigenvalue weighted by molar-refractivity contribution is -0.142. The van der Waals surface area contributed by atoms with Crippen molar-refractivity contribution in [1.82, 2.24) is 0 Å². The Morgan fingerprint density at radius 3 is 1.63 bits per heavy atom. The van der Waals surface area contributed by atoms with Crippen molar-refractivity contribution in [3.05, 3.63) is 0 Å². The predicted octanol–water partition coefficient (Wildman–Crippen LogP) is -0.137. The lowest BCUT2D eigenvalue weighted by Crippen LogP contribution is -2.46. The molecule has 0 unspecified atom stereocenters. The van der Waals surface area contributed by atoms with Crippen molar-refractivity contribution in [3.63, 3.8) is 0 Å². The van der Waals surface area contributed by atoms with Crippen LogP contribution in [0.25, 0.3) is 0 Å². The van der Waals surface area contributed by atoms with Gasteiger partial charge in [-0.25, -0.2) is 0 Å². The lowest BCUT2D eigenvalue weighted by Gasteiger charge is -2.24. The average molecular weight is 277 g/mol. The fourth-order valence-corrected chi connectivity index (χ4v) is 1.17. The summed E-state index contributed by atoms with van der Waals surface area (Å²) in [6.07, 6.45) is 0.381. The van der Waals surface area contributed by atoms with Crippen molar-refractivity contribution < 1.29 is 28.5 Å². The van der Waals surface area contributed by atoms with E-state index in [9.17, 15) is 9.59 Å². The standard InChI is InChI=1S/C12H23NO6/c1-12(13,8-18-6-4-10(14)16-2)9-19-7-5-11(15)17-3/h4-9,13H2,1-3H3. The molecular formula is C12H23NO6. The fourth-order valence-electron chi connectivity index (χ4n) is 1.17. The molecule has 0 saturated heterocycles. The third-order valence-electron chi connectivity index (χ3n) is 2.22. The number of ether oxygens (including phenoxy) is 4. The van der Waals surface area contributed by atoms with Crippen LogP contribution in [0.3, 0.4) is 0 Å². The second-order valence-electron chi connectivity index (χ2n) is 4.41. The number of nitrogens with two attached hydrogens (primary N) is 1. The van der Waals surface area contributed by atoms with Gasteiger partial charge in [0.25, 0.3) is 0 Å². The van der Waals surface area contributed by atoms with Crippen LogP contribution in [0, 0.1) is 0 Å². The summed E-state index contributed by atoms with van der Waals surface area (Å²) in [4.78, 5) is 21.7. The molecule has 0 bridgehead atoms. The zero-order valence-corrected chi connectivity index (χ0v) is 11.8. The van der Waals surface area contributed by atoms with Gasteiger partial charge in [0.2, 0.25) is 0 Å². The predicted molar refractivity (Wildman–Crippen MR) is 67.5 cm³/mol. The molecule has 0 aromatic heterocycles. The van der Waals surface area contributed by atoms with Gasteiger partial charge >= 0.3 is 11.9 Å². The van der Waals surface area contributed by atoms with E-state index in [0.717, 1.165) is 0 Å². The van der Waals surface area contributed by atoms with Crippen molar-refractivity contribution in [3.8, 4) is 0 Å². The molecule has 19 heavy (non-hydrogen) atoms. The van der Waals surface area contributed by atoms with Crippen LogP contribution in [0.2, 0.25) is 0 Å². The highest BCUT2D eigenvalue weighted by Crippen LogP contribution is 2.02. The second kappa shape index (κ2) is 9.71. The first-order valence-corrected chi connectivity index (χ1v) is 5.99. The third kappa shape index (κ3) is 10.4. The third-order valence-corrected chi connectivity index (χ3v) is 2.22. The van der Waals surface area contributed by atoms with Gasteiger partial charge in [0.05, 0.1) is 59.0 Å². The lowest BCUT2D eigenvalue weighted by atomic mass is 10.1. The SMILES string of the molecule is COC(=O)CCOCC(C)(N)COCCC(=O)OC.